The third-order valence-electron chi connectivity index (χ3n) is 2.36. The minimum atomic E-state index is -3.63. The van der Waals surface area contributed by atoms with Gasteiger partial charge in [-0.25, -0.2) is 8.42 Å². The predicted molar refractivity (Wildman–Crippen MR) is 63.6 cm³/mol. The molecule has 1 N–H and O–H groups in total. The minimum Gasteiger partial charge on any atom is -0.387 e. The van der Waals surface area contributed by atoms with Gasteiger partial charge in [0.2, 0.25) is 9.84 Å². The molecule has 1 atom stereocenters. The maximum atomic E-state index is 12.0. The normalized spacial score (nSPS) is 13.8. The average molecular weight is 240 g/mol. The van der Waals surface area contributed by atoms with Crippen LogP contribution in [0, 0.1) is 5.92 Å². The Labute approximate surface area is 96.4 Å². The lowest BCUT2D eigenvalue weighted by Crippen LogP contribution is -2.22. The molecule has 3 nitrogen and oxygen atoms in total. The smallest absolute Gasteiger partial charge is 0.204 e. The van der Waals surface area contributed by atoms with Crippen molar-refractivity contribution in [2.24, 2.45) is 5.92 Å². The molecule has 0 aliphatic heterocycles. The van der Waals surface area contributed by atoms with E-state index in [1.54, 1.807) is 32.0 Å². The molecule has 16 heavy (non-hydrogen) atoms. The van der Waals surface area contributed by atoms with Crippen LogP contribution in [0.2, 0.25) is 0 Å². The van der Waals surface area contributed by atoms with E-state index in [0.717, 1.165) is 0 Å². The van der Waals surface area contributed by atoms with Crippen molar-refractivity contribution in [3.63, 3.8) is 0 Å². The van der Waals surface area contributed by atoms with Crippen molar-refractivity contribution in [1.29, 1.82) is 0 Å². The van der Waals surface area contributed by atoms with Gasteiger partial charge in [0.05, 0.1) is 15.9 Å². The summed E-state index contributed by atoms with van der Waals surface area (Å²) in [7, 11) is -3.63. The lowest BCUT2D eigenvalue weighted by molar-refractivity contribution is 0.167. The van der Waals surface area contributed by atoms with Crippen LogP contribution in [0.1, 0.15) is 13.8 Å². The minimum absolute atomic E-state index is 0.145. The fourth-order valence-electron chi connectivity index (χ4n) is 1.28. The Balaban J connectivity index is 3.10. The number of hydrogen-bond acceptors (Lipinski definition) is 3. The Morgan fingerprint density at radius 3 is 2.19 bits per heavy atom. The van der Waals surface area contributed by atoms with Gasteiger partial charge >= 0.3 is 0 Å². The molecule has 0 saturated heterocycles. The fraction of sp³-hybridized carbons (Fsp3) is 0.333. The lowest BCUT2D eigenvalue weighted by Gasteiger charge is -2.17. The van der Waals surface area contributed by atoms with Crippen molar-refractivity contribution in [2.75, 3.05) is 0 Å². The molecule has 0 bridgehead atoms. The molecule has 0 amide bonds. The quantitative estimate of drug-likeness (QED) is 0.875. The van der Waals surface area contributed by atoms with Crippen LogP contribution in [0.3, 0.4) is 0 Å². The van der Waals surface area contributed by atoms with E-state index in [9.17, 15) is 13.5 Å². The molecule has 1 aromatic carbocycles. The van der Waals surface area contributed by atoms with Gasteiger partial charge in [-0.2, -0.15) is 0 Å². The van der Waals surface area contributed by atoms with Gasteiger partial charge in [0, 0.05) is 0 Å². The van der Waals surface area contributed by atoms with Crippen LogP contribution in [0.5, 0.6) is 0 Å². The number of rotatable bonds is 4. The molecule has 88 valence electrons. The molecule has 0 aliphatic carbocycles. The van der Waals surface area contributed by atoms with Crippen LogP contribution in [0.15, 0.2) is 46.7 Å². The highest BCUT2D eigenvalue weighted by Gasteiger charge is 2.26. The number of aliphatic hydroxyl groups is 1. The summed E-state index contributed by atoms with van der Waals surface area (Å²) in [5.41, 5.74) is 0. The van der Waals surface area contributed by atoms with Gasteiger partial charge in [0.25, 0.3) is 0 Å². The summed E-state index contributed by atoms with van der Waals surface area (Å²) in [4.78, 5) is 0.0217. The summed E-state index contributed by atoms with van der Waals surface area (Å²) in [6.07, 6.45) is -1.04. The van der Waals surface area contributed by atoms with Crippen LogP contribution >= 0.6 is 0 Å². The summed E-state index contributed by atoms with van der Waals surface area (Å²) in [5, 5.41) is 9.71. The number of hydrogen-bond donors (Lipinski definition) is 1. The van der Waals surface area contributed by atoms with E-state index in [2.05, 4.69) is 6.58 Å². The summed E-state index contributed by atoms with van der Waals surface area (Å²) >= 11 is 0. The summed E-state index contributed by atoms with van der Waals surface area (Å²) in [6, 6.07) is 8.01. The highest BCUT2D eigenvalue weighted by atomic mass is 32.2. The first-order chi connectivity index (χ1) is 7.37. The molecular weight excluding hydrogens is 224 g/mol. The monoisotopic (exact) mass is 240 g/mol. The molecule has 0 radical (unpaired) electrons. The molecule has 1 aromatic rings. The van der Waals surface area contributed by atoms with Crippen LogP contribution in [0.25, 0.3) is 0 Å². The number of sulfone groups is 1. The van der Waals surface area contributed by atoms with E-state index >= 15 is 0 Å². The molecular formula is C12H16O3S. The van der Waals surface area contributed by atoms with Gasteiger partial charge in [-0.1, -0.05) is 38.6 Å². The Bertz CT molecular complexity index is 460. The van der Waals surface area contributed by atoms with Gasteiger partial charge in [0.15, 0.2) is 0 Å². The van der Waals surface area contributed by atoms with Crippen molar-refractivity contribution in [3.05, 3.63) is 41.8 Å². The standard InChI is InChI=1S/C12H16O3S/c1-9(2)12(13)10(3)16(14,15)11-7-5-4-6-8-11/h4-9,12-13H,3H2,1-2H3. The molecule has 0 fully saturated rings. The van der Waals surface area contributed by atoms with Crippen LogP contribution in [0.4, 0.5) is 0 Å². The Hall–Kier alpha value is -1.13. The summed E-state index contributed by atoms with van der Waals surface area (Å²) in [6.45, 7) is 6.98. The maximum Gasteiger partial charge on any atom is 0.204 e. The van der Waals surface area contributed by atoms with E-state index in [-0.39, 0.29) is 15.7 Å². The van der Waals surface area contributed by atoms with E-state index < -0.39 is 15.9 Å². The molecule has 0 heterocycles. The van der Waals surface area contributed by atoms with E-state index in [0.29, 0.717) is 0 Å². The highest BCUT2D eigenvalue weighted by molar-refractivity contribution is 7.95. The van der Waals surface area contributed by atoms with Crippen LogP contribution in [-0.4, -0.2) is 19.6 Å². The maximum absolute atomic E-state index is 12.0. The molecule has 0 aromatic heterocycles. The van der Waals surface area contributed by atoms with Crippen LogP contribution < -0.4 is 0 Å². The third kappa shape index (κ3) is 2.51. The highest BCUT2D eigenvalue weighted by Crippen LogP contribution is 2.23. The van der Waals surface area contributed by atoms with Crippen molar-refractivity contribution in [3.8, 4) is 0 Å². The van der Waals surface area contributed by atoms with Gasteiger partial charge in [-0.3, -0.25) is 0 Å². The van der Waals surface area contributed by atoms with Crippen molar-refractivity contribution in [1.82, 2.24) is 0 Å². The third-order valence-corrected chi connectivity index (χ3v) is 4.18. The Morgan fingerprint density at radius 2 is 1.75 bits per heavy atom. The molecule has 0 saturated carbocycles. The van der Waals surface area contributed by atoms with E-state index in [4.69, 9.17) is 0 Å². The first kappa shape index (κ1) is 12.9. The zero-order valence-corrected chi connectivity index (χ0v) is 10.2. The zero-order valence-electron chi connectivity index (χ0n) is 9.42. The molecule has 1 rings (SSSR count). The lowest BCUT2D eigenvalue weighted by atomic mass is 10.1. The number of benzene rings is 1. The fourth-order valence-corrected chi connectivity index (χ4v) is 2.69. The SMILES string of the molecule is C=C(C(O)C(C)C)S(=O)(=O)c1ccccc1. The van der Waals surface area contributed by atoms with Crippen molar-refractivity contribution < 1.29 is 13.5 Å². The Kier molecular flexibility index (Phi) is 3.88. The van der Waals surface area contributed by atoms with Gasteiger partial charge in [0.1, 0.15) is 0 Å². The molecule has 0 spiro atoms. The van der Waals surface area contributed by atoms with Gasteiger partial charge < -0.3 is 5.11 Å². The second-order valence-corrected chi connectivity index (χ2v) is 5.97. The van der Waals surface area contributed by atoms with Crippen molar-refractivity contribution in [2.45, 2.75) is 24.8 Å². The van der Waals surface area contributed by atoms with E-state index in [1.807, 2.05) is 0 Å². The number of aliphatic hydroxyl groups excluding tert-OH is 1. The summed E-state index contributed by atoms with van der Waals surface area (Å²) < 4.78 is 24.0. The topological polar surface area (TPSA) is 54.4 Å². The van der Waals surface area contributed by atoms with Crippen LogP contribution in [-0.2, 0) is 9.84 Å². The second kappa shape index (κ2) is 4.80. The summed E-state index contributed by atoms with van der Waals surface area (Å²) in [5.74, 6) is -0.175. The molecule has 1 unspecified atom stereocenters. The largest absolute Gasteiger partial charge is 0.387 e. The van der Waals surface area contributed by atoms with E-state index in [1.165, 1.54) is 12.1 Å². The molecule has 4 heteroatoms. The molecule has 0 aliphatic rings. The average Bonchev–Trinajstić information content (AvgIpc) is 2.28. The predicted octanol–water partition coefficient (Wildman–Crippen LogP) is 1.99. The first-order valence-electron chi connectivity index (χ1n) is 5.04. The first-order valence-corrected chi connectivity index (χ1v) is 6.52. The zero-order chi connectivity index (χ0) is 12.3. The van der Waals surface area contributed by atoms with Gasteiger partial charge in [-0.15, -0.1) is 0 Å². The second-order valence-electron chi connectivity index (χ2n) is 3.97. The van der Waals surface area contributed by atoms with Gasteiger partial charge in [-0.05, 0) is 18.1 Å². The Morgan fingerprint density at radius 1 is 1.25 bits per heavy atom. The van der Waals surface area contributed by atoms with Crippen molar-refractivity contribution >= 4 is 9.84 Å².